The molecule has 0 spiro atoms. The fourth-order valence-corrected chi connectivity index (χ4v) is 3.80. The quantitative estimate of drug-likeness (QED) is 0.843. The molecule has 1 heterocycles. The average Bonchev–Trinajstić information content (AvgIpc) is 3.05. The summed E-state index contributed by atoms with van der Waals surface area (Å²) in [7, 11) is 0. The Morgan fingerprint density at radius 3 is 2.79 bits per heavy atom. The first-order valence-electron chi connectivity index (χ1n) is 8.93. The van der Waals surface area contributed by atoms with Crippen molar-refractivity contribution >= 4 is 12.0 Å². The minimum absolute atomic E-state index is 0.00452. The Morgan fingerprint density at radius 2 is 2.08 bits per heavy atom. The van der Waals surface area contributed by atoms with Crippen molar-refractivity contribution in [2.45, 2.75) is 44.6 Å². The van der Waals surface area contributed by atoms with Gasteiger partial charge in [-0.2, -0.15) is 0 Å². The van der Waals surface area contributed by atoms with Crippen LogP contribution in [0.25, 0.3) is 0 Å². The molecule has 1 fully saturated rings. The zero-order chi connectivity index (χ0) is 16.9. The lowest BCUT2D eigenvalue weighted by molar-refractivity contribution is -0.116. The number of allylic oxidation sites excluding steroid dienone is 2. The number of carbonyl (C=O) groups is 1. The smallest absolute Gasteiger partial charge is 0.168 e. The monoisotopic (exact) mass is 326 g/mol. The molecule has 1 N–H and O–H groups in total. The third-order valence-corrected chi connectivity index (χ3v) is 5.20. The molecule has 0 radical (unpaired) electrons. The SMILES string of the molecule is CCN1CCCC1CN=CC1=C(O)CC(c2ccccc2)CC1=O. The average molecular weight is 326 g/mol. The fraction of sp³-hybridized carbons (Fsp3) is 0.500. The number of hydrogen-bond donors (Lipinski definition) is 1. The van der Waals surface area contributed by atoms with Crippen molar-refractivity contribution < 1.29 is 9.90 Å². The molecule has 24 heavy (non-hydrogen) atoms. The van der Waals surface area contributed by atoms with Crippen molar-refractivity contribution in [1.29, 1.82) is 0 Å². The number of aliphatic hydroxyl groups is 1. The van der Waals surface area contributed by atoms with E-state index in [0.717, 1.165) is 18.7 Å². The topological polar surface area (TPSA) is 52.9 Å². The normalized spacial score (nSPS) is 25.8. The molecule has 0 saturated carbocycles. The molecule has 0 bridgehead atoms. The molecule has 2 atom stereocenters. The number of hydrogen-bond acceptors (Lipinski definition) is 4. The van der Waals surface area contributed by atoms with E-state index in [0.29, 0.717) is 31.0 Å². The lowest BCUT2D eigenvalue weighted by atomic mass is 9.83. The predicted octanol–water partition coefficient (Wildman–Crippen LogP) is 3.50. The molecule has 2 aliphatic rings. The number of rotatable bonds is 5. The van der Waals surface area contributed by atoms with E-state index in [1.54, 1.807) is 6.21 Å². The van der Waals surface area contributed by atoms with Gasteiger partial charge in [-0.3, -0.25) is 14.7 Å². The molecule has 1 aliphatic carbocycles. The first kappa shape index (κ1) is 16.9. The summed E-state index contributed by atoms with van der Waals surface area (Å²) in [5.74, 6) is 0.249. The second-order valence-electron chi connectivity index (χ2n) is 6.72. The van der Waals surface area contributed by atoms with Crippen LogP contribution in [0.1, 0.15) is 44.1 Å². The standard InChI is InChI=1S/C20H26N2O2/c1-2-22-10-6-9-17(22)13-21-14-18-19(23)11-16(12-20(18)24)15-7-4-3-5-8-15/h3-5,7-8,14,16-17,23H,2,6,9-13H2,1H3. The maximum atomic E-state index is 12.4. The van der Waals surface area contributed by atoms with Crippen LogP contribution in [0, 0.1) is 0 Å². The fourth-order valence-electron chi connectivity index (χ4n) is 3.80. The van der Waals surface area contributed by atoms with Gasteiger partial charge in [0.25, 0.3) is 0 Å². The molecule has 128 valence electrons. The molecule has 0 amide bonds. The van der Waals surface area contributed by atoms with Gasteiger partial charge in [0.05, 0.1) is 12.1 Å². The van der Waals surface area contributed by atoms with Crippen molar-refractivity contribution in [1.82, 2.24) is 4.90 Å². The number of nitrogens with zero attached hydrogens (tertiary/aromatic N) is 2. The molecule has 1 aromatic carbocycles. The molecule has 2 unspecified atom stereocenters. The Hall–Kier alpha value is -1.94. The maximum absolute atomic E-state index is 12.4. The van der Waals surface area contributed by atoms with Gasteiger partial charge in [-0.05, 0) is 37.4 Å². The second-order valence-corrected chi connectivity index (χ2v) is 6.72. The van der Waals surface area contributed by atoms with E-state index < -0.39 is 0 Å². The zero-order valence-corrected chi connectivity index (χ0v) is 14.3. The van der Waals surface area contributed by atoms with E-state index in [1.165, 1.54) is 12.8 Å². The number of Topliss-reactive ketones (excluding diaryl/α,β-unsaturated/α-hetero) is 1. The highest BCUT2D eigenvalue weighted by molar-refractivity contribution is 6.14. The van der Waals surface area contributed by atoms with E-state index in [9.17, 15) is 9.90 Å². The maximum Gasteiger partial charge on any atom is 0.168 e. The van der Waals surface area contributed by atoms with Gasteiger partial charge in [-0.15, -0.1) is 0 Å². The molecule has 1 aliphatic heterocycles. The Kier molecular flexibility index (Phi) is 5.46. The van der Waals surface area contributed by atoms with Gasteiger partial charge in [0.1, 0.15) is 5.76 Å². The minimum atomic E-state index is -0.00452. The summed E-state index contributed by atoms with van der Waals surface area (Å²) in [5, 5.41) is 10.3. The van der Waals surface area contributed by atoms with E-state index in [2.05, 4.69) is 16.8 Å². The molecule has 1 saturated heterocycles. The van der Waals surface area contributed by atoms with Crippen molar-refractivity contribution in [3.8, 4) is 0 Å². The second kappa shape index (κ2) is 7.75. The van der Waals surface area contributed by atoms with Crippen molar-refractivity contribution in [3.05, 3.63) is 47.2 Å². The van der Waals surface area contributed by atoms with Crippen LogP contribution in [0.5, 0.6) is 0 Å². The Balaban J connectivity index is 1.65. The summed E-state index contributed by atoms with van der Waals surface area (Å²) in [6.07, 6.45) is 4.95. The predicted molar refractivity (Wildman–Crippen MR) is 96.7 cm³/mol. The number of carbonyl (C=O) groups excluding carboxylic acids is 1. The lowest BCUT2D eigenvalue weighted by Crippen LogP contribution is -2.31. The molecule has 3 rings (SSSR count). The van der Waals surface area contributed by atoms with Crippen LogP contribution < -0.4 is 0 Å². The largest absolute Gasteiger partial charge is 0.511 e. The Morgan fingerprint density at radius 1 is 1.29 bits per heavy atom. The van der Waals surface area contributed by atoms with Crippen LogP contribution >= 0.6 is 0 Å². The number of ketones is 1. The first-order valence-corrected chi connectivity index (χ1v) is 8.93. The number of aliphatic imine (C=N–C) groups is 1. The highest BCUT2D eigenvalue weighted by atomic mass is 16.3. The first-order chi connectivity index (χ1) is 11.7. The molecule has 4 heteroatoms. The van der Waals surface area contributed by atoms with Gasteiger partial charge in [0, 0.05) is 25.1 Å². The van der Waals surface area contributed by atoms with Crippen LogP contribution in [0.15, 0.2) is 46.7 Å². The molecular formula is C20H26N2O2. The van der Waals surface area contributed by atoms with Crippen LogP contribution in [-0.2, 0) is 4.79 Å². The molecule has 0 aromatic heterocycles. The van der Waals surface area contributed by atoms with Gasteiger partial charge in [0.2, 0.25) is 0 Å². The lowest BCUT2D eigenvalue weighted by Gasteiger charge is -2.23. The van der Waals surface area contributed by atoms with E-state index in [-0.39, 0.29) is 17.5 Å². The Labute approximate surface area is 143 Å². The van der Waals surface area contributed by atoms with E-state index in [4.69, 9.17) is 0 Å². The van der Waals surface area contributed by atoms with E-state index in [1.807, 2.05) is 30.3 Å². The minimum Gasteiger partial charge on any atom is -0.511 e. The zero-order valence-electron chi connectivity index (χ0n) is 14.3. The van der Waals surface area contributed by atoms with Gasteiger partial charge >= 0.3 is 0 Å². The summed E-state index contributed by atoms with van der Waals surface area (Å²) >= 11 is 0. The van der Waals surface area contributed by atoms with E-state index >= 15 is 0 Å². The van der Waals surface area contributed by atoms with Crippen molar-refractivity contribution in [3.63, 3.8) is 0 Å². The summed E-state index contributed by atoms with van der Waals surface area (Å²) in [5.41, 5.74) is 1.51. The Bertz CT molecular complexity index is 636. The molecular weight excluding hydrogens is 300 g/mol. The van der Waals surface area contributed by atoms with Crippen LogP contribution in [0.2, 0.25) is 0 Å². The number of aliphatic hydroxyl groups excluding tert-OH is 1. The van der Waals surface area contributed by atoms with Crippen molar-refractivity contribution in [2.24, 2.45) is 4.99 Å². The molecule has 4 nitrogen and oxygen atoms in total. The summed E-state index contributed by atoms with van der Waals surface area (Å²) in [4.78, 5) is 19.3. The van der Waals surface area contributed by atoms with Gasteiger partial charge in [0.15, 0.2) is 5.78 Å². The van der Waals surface area contributed by atoms with Crippen molar-refractivity contribution in [2.75, 3.05) is 19.6 Å². The summed E-state index contributed by atoms with van der Waals surface area (Å²) < 4.78 is 0. The highest BCUT2D eigenvalue weighted by Gasteiger charge is 2.28. The molecule has 1 aromatic rings. The van der Waals surface area contributed by atoms with Gasteiger partial charge in [-0.25, -0.2) is 0 Å². The highest BCUT2D eigenvalue weighted by Crippen LogP contribution is 2.32. The van der Waals surface area contributed by atoms with Crippen LogP contribution in [0.4, 0.5) is 0 Å². The van der Waals surface area contributed by atoms with Crippen LogP contribution in [-0.4, -0.2) is 47.7 Å². The van der Waals surface area contributed by atoms with Gasteiger partial charge < -0.3 is 5.11 Å². The number of benzene rings is 1. The summed E-state index contributed by atoms with van der Waals surface area (Å²) in [6, 6.07) is 10.4. The number of likely N-dealkylation sites (tertiary alicyclic amines) is 1. The third-order valence-electron chi connectivity index (χ3n) is 5.20. The summed E-state index contributed by atoms with van der Waals surface area (Å²) in [6.45, 7) is 5.07. The van der Waals surface area contributed by atoms with Gasteiger partial charge in [-0.1, -0.05) is 37.3 Å². The number of likely N-dealkylation sites (N-methyl/N-ethyl adjacent to an activating group) is 1. The van der Waals surface area contributed by atoms with Crippen LogP contribution in [0.3, 0.4) is 0 Å². The third kappa shape index (κ3) is 3.75.